The molecule has 5 nitrogen and oxygen atoms in total. The Morgan fingerprint density at radius 1 is 0.879 bits per heavy atom. The van der Waals surface area contributed by atoms with E-state index in [1.165, 1.54) is 0 Å². The average molecular weight is 480 g/mol. The van der Waals surface area contributed by atoms with E-state index in [0.717, 1.165) is 83.1 Å². The Balaban J connectivity index is 1.63. The fourth-order valence-electron chi connectivity index (χ4n) is 5.07. The van der Waals surface area contributed by atoms with Crippen molar-refractivity contribution in [1.82, 2.24) is 14.5 Å². The Hall–Kier alpha value is -2.70. The van der Waals surface area contributed by atoms with Crippen molar-refractivity contribution in [3.05, 3.63) is 64.9 Å². The molecule has 1 aliphatic rings. The van der Waals surface area contributed by atoms with Crippen LogP contribution in [-0.4, -0.2) is 52.4 Å². The van der Waals surface area contributed by atoms with E-state index in [1.54, 1.807) is 6.07 Å². The first-order valence-electron chi connectivity index (χ1n) is 11.1. The predicted octanol–water partition coefficient (Wildman–Crippen LogP) is 6.29. The van der Waals surface area contributed by atoms with Gasteiger partial charge in [-0.2, -0.15) is 0 Å². The number of morpholine rings is 1. The number of hydrogen-bond acceptors (Lipinski definition) is 3. The van der Waals surface area contributed by atoms with E-state index < -0.39 is 0 Å². The lowest BCUT2D eigenvalue weighted by atomic mass is 9.97. The summed E-state index contributed by atoms with van der Waals surface area (Å²) in [6, 6.07) is 13.4. The van der Waals surface area contributed by atoms with Crippen LogP contribution in [0.2, 0.25) is 10.0 Å². The minimum atomic E-state index is 0.261. The van der Waals surface area contributed by atoms with Gasteiger partial charge in [-0.25, -0.2) is 0 Å². The van der Waals surface area contributed by atoms with Crippen LogP contribution in [-0.2, 0) is 11.3 Å². The first-order chi connectivity index (χ1) is 16.1. The third kappa shape index (κ3) is 3.47. The quantitative estimate of drug-likeness (QED) is 0.318. The molecule has 0 saturated carbocycles. The molecule has 7 heteroatoms. The molecule has 0 spiro atoms. The van der Waals surface area contributed by atoms with Crippen molar-refractivity contribution in [3.8, 4) is 16.9 Å². The third-order valence-electron chi connectivity index (χ3n) is 6.65. The molecular formula is C26H23Cl2N3O2. The topological polar surface area (TPSA) is 53.4 Å². The molecule has 1 fully saturated rings. The molecule has 2 aromatic heterocycles. The molecule has 2 N–H and O–H groups in total. The highest BCUT2D eigenvalue weighted by molar-refractivity contribution is 6.40. The zero-order valence-corrected chi connectivity index (χ0v) is 19.5. The minimum absolute atomic E-state index is 0.261. The van der Waals surface area contributed by atoms with E-state index >= 15 is 0 Å². The lowest BCUT2D eigenvalue weighted by Crippen LogP contribution is -2.38. The van der Waals surface area contributed by atoms with Crippen molar-refractivity contribution in [1.29, 1.82) is 0 Å². The van der Waals surface area contributed by atoms with E-state index in [-0.39, 0.29) is 5.75 Å². The SMILES string of the molecule is Oc1ccc2c(c1)c1c3c[nH]cc3c(-c3c(Cl)cccc3Cl)cc1n2CCN1CCOCC1. The van der Waals surface area contributed by atoms with Gasteiger partial charge in [-0.3, -0.25) is 4.90 Å². The average Bonchev–Trinajstić information content (AvgIpc) is 3.41. The van der Waals surface area contributed by atoms with Crippen LogP contribution in [0, 0.1) is 0 Å². The number of benzene rings is 3. The number of phenols is 1. The maximum absolute atomic E-state index is 10.3. The van der Waals surface area contributed by atoms with Gasteiger partial charge >= 0.3 is 0 Å². The summed E-state index contributed by atoms with van der Waals surface area (Å²) in [5.74, 6) is 0.261. The molecule has 1 saturated heterocycles. The number of aromatic hydroxyl groups is 1. The molecule has 0 aliphatic carbocycles. The minimum Gasteiger partial charge on any atom is -0.508 e. The van der Waals surface area contributed by atoms with Crippen molar-refractivity contribution < 1.29 is 9.84 Å². The number of nitrogens with zero attached hydrogens (tertiary/aromatic N) is 2. The molecule has 1 aliphatic heterocycles. The number of halogens is 2. The highest BCUT2D eigenvalue weighted by Gasteiger charge is 2.20. The highest BCUT2D eigenvalue weighted by Crippen LogP contribution is 2.44. The molecule has 0 amide bonds. The second kappa shape index (κ2) is 8.26. The molecular weight excluding hydrogens is 457 g/mol. The van der Waals surface area contributed by atoms with Crippen molar-refractivity contribution in [2.45, 2.75) is 6.54 Å². The number of ether oxygens (including phenoxy) is 1. The monoisotopic (exact) mass is 479 g/mol. The highest BCUT2D eigenvalue weighted by atomic mass is 35.5. The molecule has 168 valence electrons. The van der Waals surface area contributed by atoms with Crippen LogP contribution >= 0.6 is 23.2 Å². The van der Waals surface area contributed by atoms with Gasteiger partial charge in [0.15, 0.2) is 0 Å². The molecule has 3 heterocycles. The second-order valence-corrected chi connectivity index (χ2v) is 9.32. The van der Waals surface area contributed by atoms with Crippen LogP contribution in [0.4, 0.5) is 0 Å². The van der Waals surface area contributed by atoms with E-state index in [0.29, 0.717) is 10.0 Å². The maximum Gasteiger partial charge on any atom is 0.116 e. The summed E-state index contributed by atoms with van der Waals surface area (Å²) < 4.78 is 7.86. The van der Waals surface area contributed by atoms with Crippen molar-refractivity contribution in [2.75, 3.05) is 32.8 Å². The Bertz CT molecular complexity index is 1480. The standard InChI is InChI=1S/C26H23Cl2N3O2/c27-21-2-1-3-22(28)26(21)17-13-24-25(20-15-29-14-19(17)20)18-12-16(32)4-5-23(18)31(24)7-6-30-8-10-33-11-9-30/h1-5,12-15,29,32H,6-11H2. The number of nitrogens with one attached hydrogen (secondary N) is 1. The fourth-order valence-corrected chi connectivity index (χ4v) is 5.67. The smallest absolute Gasteiger partial charge is 0.116 e. The predicted molar refractivity (Wildman–Crippen MR) is 136 cm³/mol. The summed E-state index contributed by atoms with van der Waals surface area (Å²) in [5, 5.41) is 15.8. The number of aromatic amines is 1. The summed E-state index contributed by atoms with van der Waals surface area (Å²) in [6.45, 7) is 5.20. The Labute approximate surface area is 201 Å². The second-order valence-electron chi connectivity index (χ2n) is 8.50. The fraction of sp³-hybridized carbons (Fsp3) is 0.231. The van der Waals surface area contributed by atoms with Crippen molar-refractivity contribution >= 4 is 55.8 Å². The van der Waals surface area contributed by atoms with Crippen LogP contribution in [0.15, 0.2) is 54.9 Å². The first kappa shape index (κ1) is 20.9. The van der Waals surface area contributed by atoms with Crippen molar-refractivity contribution in [3.63, 3.8) is 0 Å². The lowest BCUT2D eigenvalue weighted by Gasteiger charge is -2.27. The molecule has 3 aromatic carbocycles. The summed E-state index contributed by atoms with van der Waals surface area (Å²) >= 11 is 13.3. The van der Waals surface area contributed by atoms with E-state index in [1.807, 2.05) is 42.7 Å². The van der Waals surface area contributed by atoms with Gasteiger partial charge in [-0.05, 0) is 42.0 Å². The zero-order valence-electron chi connectivity index (χ0n) is 17.9. The van der Waals surface area contributed by atoms with Gasteiger partial charge in [0, 0.05) is 81.2 Å². The summed E-state index contributed by atoms with van der Waals surface area (Å²) in [5.41, 5.74) is 4.03. The van der Waals surface area contributed by atoms with Gasteiger partial charge < -0.3 is 19.4 Å². The number of hydrogen-bond donors (Lipinski definition) is 2. The Morgan fingerprint density at radius 3 is 2.42 bits per heavy atom. The van der Waals surface area contributed by atoms with Gasteiger partial charge in [0.05, 0.1) is 18.7 Å². The number of H-pyrrole nitrogens is 1. The van der Waals surface area contributed by atoms with Crippen LogP contribution in [0.1, 0.15) is 0 Å². The molecule has 0 unspecified atom stereocenters. The van der Waals surface area contributed by atoms with Crippen LogP contribution in [0.25, 0.3) is 43.7 Å². The lowest BCUT2D eigenvalue weighted by molar-refractivity contribution is 0.0366. The molecule has 5 aromatic rings. The molecule has 6 rings (SSSR count). The molecule has 0 bridgehead atoms. The van der Waals surface area contributed by atoms with Gasteiger partial charge in [0.2, 0.25) is 0 Å². The summed E-state index contributed by atoms with van der Waals surface area (Å²) in [6.07, 6.45) is 4.01. The van der Waals surface area contributed by atoms with Crippen LogP contribution < -0.4 is 0 Å². The van der Waals surface area contributed by atoms with E-state index in [9.17, 15) is 5.11 Å². The van der Waals surface area contributed by atoms with E-state index in [2.05, 4.69) is 20.5 Å². The maximum atomic E-state index is 10.3. The number of phenolic OH excluding ortho intramolecular Hbond substituents is 1. The molecule has 0 atom stereocenters. The molecule has 33 heavy (non-hydrogen) atoms. The molecule has 0 radical (unpaired) electrons. The third-order valence-corrected chi connectivity index (χ3v) is 7.28. The van der Waals surface area contributed by atoms with Crippen LogP contribution in [0.5, 0.6) is 5.75 Å². The number of rotatable bonds is 4. The zero-order chi connectivity index (χ0) is 22.5. The van der Waals surface area contributed by atoms with Gasteiger partial charge in [0.1, 0.15) is 5.75 Å². The van der Waals surface area contributed by atoms with Gasteiger partial charge in [0.25, 0.3) is 0 Å². The number of fused-ring (bicyclic) bond motifs is 5. The first-order valence-corrected chi connectivity index (χ1v) is 11.9. The number of aromatic nitrogens is 2. The summed E-state index contributed by atoms with van der Waals surface area (Å²) in [4.78, 5) is 5.70. The van der Waals surface area contributed by atoms with Crippen molar-refractivity contribution in [2.24, 2.45) is 0 Å². The van der Waals surface area contributed by atoms with Crippen LogP contribution in [0.3, 0.4) is 0 Å². The Morgan fingerprint density at radius 2 is 1.64 bits per heavy atom. The largest absolute Gasteiger partial charge is 0.508 e. The summed E-state index contributed by atoms with van der Waals surface area (Å²) in [7, 11) is 0. The Kier molecular flexibility index (Phi) is 5.23. The van der Waals surface area contributed by atoms with Gasteiger partial charge in [-0.15, -0.1) is 0 Å². The van der Waals surface area contributed by atoms with Gasteiger partial charge in [-0.1, -0.05) is 29.3 Å². The van der Waals surface area contributed by atoms with E-state index in [4.69, 9.17) is 27.9 Å². The normalized spacial score (nSPS) is 15.2.